The second-order valence-electron chi connectivity index (χ2n) is 14.5. The van der Waals surface area contributed by atoms with Crippen molar-refractivity contribution in [3.8, 4) is 23.0 Å². The van der Waals surface area contributed by atoms with Gasteiger partial charge in [-0.1, -0.05) is 0 Å². The van der Waals surface area contributed by atoms with Crippen LogP contribution >= 0.6 is 0 Å². The lowest BCUT2D eigenvalue weighted by Gasteiger charge is -2.15. The van der Waals surface area contributed by atoms with Crippen LogP contribution in [0, 0.1) is 0 Å². The summed E-state index contributed by atoms with van der Waals surface area (Å²) < 4.78 is 23.0. The lowest BCUT2D eigenvalue weighted by Crippen LogP contribution is -2.34. The van der Waals surface area contributed by atoms with Gasteiger partial charge in [-0.2, -0.15) is 0 Å². The summed E-state index contributed by atoms with van der Waals surface area (Å²) in [7, 11) is 0. The fourth-order valence-electron chi connectivity index (χ4n) is 7.53. The molecule has 0 aliphatic carbocycles. The quantitative estimate of drug-likeness (QED) is 0.109. The maximum atomic E-state index is 13.3. The molecule has 2 aromatic heterocycles. The molecule has 0 radical (unpaired) electrons. The summed E-state index contributed by atoms with van der Waals surface area (Å²) in [5, 5.41) is 0. The number of hydrogen-bond acceptors (Lipinski definition) is 16. The molecule has 8 amide bonds. The molecule has 65 heavy (non-hydrogen) atoms. The van der Waals surface area contributed by atoms with Crippen molar-refractivity contribution in [3.05, 3.63) is 154 Å². The number of nitrogens with zero attached hydrogens (tertiary/aromatic N) is 8. The Hall–Kier alpha value is -8.88. The summed E-state index contributed by atoms with van der Waals surface area (Å²) in [6, 6.07) is 20.5. The van der Waals surface area contributed by atoms with Crippen LogP contribution in [0.15, 0.2) is 110 Å². The molecular formula is C45H28N8O12. The molecule has 6 heterocycles. The molecule has 0 bridgehead atoms. The van der Waals surface area contributed by atoms with E-state index < -0.39 is 47.3 Å². The van der Waals surface area contributed by atoms with Crippen molar-refractivity contribution in [3.63, 3.8) is 0 Å². The fourth-order valence-corrected chi connectivity index (χ4v) is 7.53. The first kappa shape index (κ1) is 40.2. The zero-order chi connectivity index (χ0) is 44.9. The number of anilines is 2. The van der Waals surface area contributed by atoms with Crippen LogP contribution in [0.1, 0.15) is 82.9 Å². The first-order valence-corrected chi connectivity index (χ1v) is 19.7. The van der Waals surface area contributed by atoms with Gasteiger partial charge in [0.15, 0.2) is 0 Å². The van der Waals surface area contributed by atoms with Crippen LogP contribution < -0.4 is 19.3 Å². The van der Waals surface area contributed by atoms with Crippen molar-refractivity contribution in [1.29, 1.82) is 0 Å². The summed E-state index contributed by atoms with van der Waals surface area (Å²) in [6.07, 6.45) is 5.66. The summed E-state index contributed by atoms with van der Waals surface area (Å²) in [4.78, 5) is 124. The Labute approximate surface area is 365 Å². The summed E-state index contributed by atoms with van der Waals surface area (Å²) in [5.74, 6) is -3.93. The number of benzene rings is 4. The van der Waals surface area contributed by atoms with Gasteiger partial charge in [-0.25, -0.2) is 34.6 Å². The predicted octanol–water partition coefficient (Wildman–Crippen LogP) is 4.34. The number of carbonyl (C=O) groups excluding carboxylic acids is 8. The van der Waals surface area contributed by atoms with Gasteiger partial charge in [-0.3, -0.25) is 43.3 Å². The van der Waals surface area contributed by atoms with E-state index in [4.69, 9.17) is 18.9 Å². The van der Waals surface area contributed by atoms with E-state index >= 15 is 0 Å². The molecule has 10 rings (SSSR count). The van der Waals surface area contributed by atoms with Crippen LogP contribution in [0.3, 0.4) is 0 Å². The van der Waals surface area contributed by atoms with Crippen molar-refractivity contribution in [2.24, 2.45) is 0 Å². The molecule has 4 aliphatic heterocycles. The van der Waals surface area contributed by atoms with Gasteiger partial charge in [-0.05, 0) is 84.9 Å². The number of imide groups is 4. The van der Waals surface area contributed by atoms with Gasteiger partial charge in [0.05, 0.1) is 70.9 Å². The van der Waals surface area contributed by atoms with E-state index in [-0.39, 0.29) is 112 Å². The molecule has 0 saturated heterocycles. The number of hydrogen-bond donors (Lipinski definition) is 0. The molecule has 320 valence electrons. The molecule has 0 fully saturated rings. The Balaban J connectivity index is 0.687. The minimum atomic E-state index is -0.619. The fraction of sp³-hybridized carbons (Fsp3) is 0.111. The third kappa shape index (κ3) is 6.99. The number of fused-ring (bicyclic) bond motifs is 4. The van der Waals surface area contributed by atoms with Crippen molar-refractivity contribution in [2.75, 3.05) is 42.9 Å². The SMILES string of the molecule is O=C1c2ccc(Oc3ccc4c(c3)C(=O)N(c3ncccn3)C4=O)cc2C(=O)N1CCOCCOCN1C(=O)c2ccc(Oc3ccc4c(c3)C(=O)N(c3ncccn3)C4=O)cc2C1=O. The van der Waals surface area contributed by atoms with Crippen molar-refractivity contribution in [1.82, 2.24) is 29.7 Å². The average Bonchev–Trinajstić information content (AvgIpc) is 3.91. The third-order valence-corrected chi connectivity index (χ3v) is 10.6. The predicted molar refractivity (Wildman–Crippen MR) is 220 cm³/mol. The highest BCUT2D eigenvalue weighted by molar-refractivity contribution is 6.35. The first-order chi connectivity index (χ1) is 31.6. The highest BCUT2D eigenvalue weighted by Crippen LogP contribution is 2.35. The first-order valence-electron chi connectivity index (χ1n) is 19.7. The molecule has 4 aromatic carbocycles. The molecule has 0 saturated carbocycles. The van der Waals surface area contributed by atoms with Gasteiger partial charge in [0, 0.05) is 24.8 Å². The van der Waals surface area contributed by atoms with E-state index in [1.54, 1.807) is 12.1 Å². The van der Waals surface area contributed by atoms with Crippen molar-refractivity contribution < 1.29 is 57.3 Å². The second-order valence-corrected chi connectivity index (χ2v) is 14.5. The monoisotopic (exact) mass is 872 g/mol. The van der Waals surface area contributed by atoms with E-state index in [0.29, 0.717) is 0 Å². The molecule has 0 N–H and O–H groups in total. The highest BCUT2D eigenvalue weighted by Gasteiger charge is 2.41. The molecule has 6 aromatic rings. The number of aromatic nitrogens is 4. The van der Waals surface area contributed by atoms with Gasteiger partial charge in [0.2, 0.25) is 11.9 Å². The molecule has 20 nitrogen and oxygen atoms in total. The van der Waals surface area contributed by atoms with Crippen molar-refractivity contribution >= 4 is 59.2 Å². The van der Waals surface area contributed by atoms with Gasteiger partial charge in [0.25, 0.3) is 47.3 Å². The van der Waals surface area contributed by atoms with Gasteiger partial charge in [0.1, 0.15) is 29.7 Å². The largest absolute Gasteiger partial charge is 0.457 e. The van der Waals surface area contributed by atoms with Crippen LogP contribution in [0.4, 0.5) is 11.9 Å². The average molecular weight is 873 g/mol. The summed E-state index contributed by atoms with van der Waals surface area (Å²) in [6.45, 7) is -0.501. The number of carbonyl (C=O) groups is 8. The standard InChI is InChI=1S/C45H28N8O12/c54-36-28-7-3-24(64-26-5-9-30-34(21-26)42(60)52(40(30)58)44-46-11-1-12-47-44)19-32(28)38(56)50(36)15-16-62-17-18-63-23-51-37(55)29-8-4-25(20-33(29)39(51)57)65-27-6-10-31-35(22-27)43(61)53(41(31)59)45-48-13-2-14-49-45/h1-14,19-22H,15-18,23H2. The van der Waals surface area contributed by atoms with Gasteiger partial charge >= 0.3 is 0 Å². The van der Waals surface area contributed by atoms with E-state index in [1.165, 1.54) is 97.6 Å². The third-order valence-electron chi connectivity index (χ3n) is 10.6. The van der Waals surface area contributed by atoms with Crippen LogP contribution in [0.2, 0.25) is 0 Å². The molecule has 20 heteroatoms. The van der Waals surface area contributed by atoms with Crippen LogP contribution in [-0.4, -0.2) is 110 Å². The topological polar surface area (TPSA) is 238 Å². The summed E-state index contributed by atoms with van der Waals surface area (Å²) >= 11 is 0. The normalized spacial score (nSPS) is 15.0. The van der Waals surface area contributed by atoms with Crippen LogP contribution in [-0.2, 0) is 9.47 Å². The Bertz CT molecular complexity index is 2870. The van der Waals surface area contributed by atoms with Crippen molar-refractivity contribution in [2.45, 2.75) is 0 Å². The summed E-state index contributed by atoms with van der Waals surface area (Å²) in [5.41, 5.74) is 0.990. The van der Waals surface area contributed by atoms with Gasteiger partial charge in [-0.15, -0.1) is 0 Å². The molecule has 0 spiro atoms. The van der Waals surface area contributed by atoms with E-state index in [1.807, 2.05) is 0 Å². The van der Waals surface area contributed by atoms with Crippen LogP contribution in [0.5, 0.6) is 23.0 Å². The minimum absolute atomic E-state index is 0.0122. The molecule has 4 aliphatic rings. The smallest absolute Gasteiger partial charge is 0.268 e. The number of amides is 8. The maximum absolute atomic E-state index is 13.3. The Morgan fingerprint density at radius 2 is 0.708 bits per heavy atom. The van der Waals surface area contributed by atoms with E-state index in [2.05, 4.69) is 19.9 Å². The lowest BCUT2D eigenvalue weighted by atomic mass is 10.1. The zero-order valence-corrected chi connectivity index (χ0v) is 33.4. The molecule has 0 atom stereocenters. The maximum Gasteiger partial charge on any atom is 0.268 e. The number of rotatable bonds is 14. The Morgan fingerprint density at radius 3 is 1.15 bits per heavy atom. The van der Waals surface area contributed by atoms with Crippen LogP contribution in [0.25, 0.3) is 0 Å². The minimum Gasteiger partial charge on any atom is -0.457 e. The Morgan fingerprint density at radius 1 is 0.369 bits per heavy atom. The van der Waals surface area contributed by atoms with E-state index in [0.717, 1.165) is 19.6 Å². The van der Waals surface area contributed by atoms with Gasteiger partial charge < -0.3 is 18.9 Å². The second kappa shape index (κ2) is 16.1. The van der Waals surface area contributed by atoms with E-state index in [9.17, 15) is 38.4 Å². The highest BCUT2D eigenvalue weighted by atomic mass is 16.5. The molecular weight excluding hydrogens is 845 g/mol. The Kier molecular flexibility index (Phi) is 9.96. The number of ether oxygens (including phenoxy) is 4. The zero-order valence-electron chi connectivity index (χ0n) is 33.4. The molecule has 0 unspecified atom stereocenters. The lowest BCUT2D eigenvalue weighted by molar-refractivity contribution is 0.00108.